The van der Waals surface area contributed by atoms with E-state index in [0.717, 1.165) is 5.56 Å². The molecule has 0 spiro atoms. The molecule has 0 bridgehead atoms. The van der Waals surface area contributed by atoms with Crippen molar-refractivity contribution in [3.8, 4) is 5.75 Å². The summed E-state index contributed by atoms with van der Waals surface area (Å²) in [5, 5.41) is 3.63. The molecule has 4 aromatic rings. The van der Waals surface area contributed by atoms with Crippen molar-refractivity contribution in [2.75, 3.05) is 5.32 Å². The van der Waals surface area contributed by atoms with Crippen LogP contribution in [0.15, 0.2) is 65.2 Å². The Balaban J connectivity index is 1.49. The summed E-state index contributed by atoms with van der Waals surface area (Å²) >= 11 is 6.14. The minimum absolute atomic E-state index is 0.198. The van der Waals surface area contributed by atoms with E-state index in [1.165, 1.54) is 6.20 Å². The number of anilines is 2. The van der Waals surface area contributed by atoms with Gasteiger partial charge < -0.3 is 20.2 Å². The number of aromatic nitrogens is 2. The normalized spacial score (nSPS) is 10.8. The summed E-state index contributed by atoms with van der Waals surface area (Å²) in [6.45, 7) is 0.261. The van der Waals surface area contributed by atoms with E-state index < -0.39 is 5.91 Å². The van der Waals surface area contributed by atoms with Gasteiger partial charge in [-0.2, -0.15) is 4.98 Å². The van der Waals surface area contributed by atoms with Gasteiger partial charge in [-0.15, -0.1) is 0 Å². The van der Waals surface area contributed by atoms with Crippen LogP contribution in [-0.2, 0) is 6.61 Å². The number of nitrogens with zero attached hydrogens (tertiary/aromatic N) is 2. The molecule has 0 saturated carbocycles. The van der Waals surface area contributed by atoms with Crippen LogP contribution in [0.1, 0.15) is 16.1 Å². The fraction of sp³-hybridized carbons (Fsp3) is 0.0500. The molecule has 0 aliphatic heterocycles. The van der Waals surface area contributed by atoms with E-state index in [1.807, 2.05) is 18.2 Å². The topological polar surface area (TPSA) is 103 Å². The molecule has 4 rings (SSSR count). The number of hydrogen-bond acceptors (Lipinski definition) is 6. The van der Waals surface area contributed by atoms with Gasteiger partial charge in [-0.05, 0) is 42.0 Å². The molecule has 0 aliphatic rings. The molecule has 2 aromatic heterocycles. The molecule has 0 atom stereocenters. The number of benzene rings is 2. The number of fused-ring (bicyclic) bond motifs is 1. The number of ether oxygens (including phenoxy) is 1. The number of hydrogen-bond donors (Lipinski definition) is 2. The zero-order chi connectivity index (χ0) is 19.5. The van der Waals surface area contributed by atoms with Gasteiger partial charge in [0.15, 0.2) is 5.58 Å². The van der Waals surface area contributed by atoms with Crippen molar-refractivity contribution in [3.63, 3.8) is 0 Å². The summed E-state index contributed by atoms with van der Waals surface area (Å²) in [5.74, 6) is 0.0342. The Kier molecular flexibility index (Phi) is 4.82. The number of carbonyl (C=O) groups excluding carboxylic acids is 1. The first-order valence-electron chi connectivity index (χ1n) is 8.38. The average Bonchev–Trinajstić information content (AvgIpc) is 3.10. The van der Waals surface area contributed by atoms with Crippen LogP contribution in [0.2, 0.25) is 5.02 Å². The van der Waals surface area contributed by atoms with E-state index in [1.54, 1.807) is 36.4 Å². The lowest BCUT2D eigenvalue weighted by Gasteiger charge is -2.06. The Morgan fingerprint density at radius 2 is 2.04 bits per heavy atom. The Morgan fingerprint density at radius 3 is 2.86 bits per heavy atom. The maximum Gasteiger partial charge on any atom is 0.300 e. The minimum Gasteiger partial charge on any atom is -0.489 e. The summed E-state index contributed by atoms with van der Waals surface area (Å²) in [5.41, 5.74) is 8.18. The van der Waals surface area contributed by atoms with Gasteiger partial charge in [0.25, 0.3) is 11.9 Å². The maximum atomic E-state index is 11.2. The molecule has 28 heavy (non-hydrogen) atoms. The summed E-state index contributed by atoms with van der Waals surface area (Å²) in [7, 11) is 0. The number of nitrogens with one attached hydrogen (secondary N) is 1. The van der Waals surface area contributed by atoms with Crippen LogP contribution in [0.4, 0.5) is 11.7 Å². The molecule has 0 saturated heterocycles. The largest absolute Gasteiger partial charge is 0.489 e. The second kappa shape index (κ2) is 7.58. The summed E-state index contributed by atoms with van der Waals surface area (Å²) < 4.78 is 11.5. The van der Waals surface area contributed by atoms with Gasteiger partial charge in [0.05, 0.1) is 10.7 Å². The van der Waals surface area contributed by atoms with Crippen molar-refractivity contribution in [2.45, 2.75) is 6.61 Å². The molecule has 2 aromatic carbocycles. The molecular formula is C20H15ClN4O3. The number of oxazole rings is 1. The number of carbonyl (C=O) groups is 1. The van der Waals surface area contributed by atoms with E-state index in [4.69, 9.17) is 26.5 Å². The number of halogens is 1. The highest BCUT2D eigenvalue weighted by molar-refractivity contribution is 6.33. The fourth-order valence-electron chi connectivity index (χ4n) is 2.59. The van der Waals surface area contributed by atoms with E-state index in [0.29, 0.717) is 33.6 Å². The Bertz CT molecular complexity index is 1160. The Labute approximate surface area is 165 Å². The lowest BCUT2D eigenvalue weighted by Crippen LogP contribution is -2.13. The second-order valence-corrected chi connectivity index (χ2v) is 6.36. The molecule has 0 radical (unpaired) electrons. The summed E-state index contributed by atoms with van der Waals surface area (Å²) in [6, 6.07) is 16.3. The van der Waals surface area contributed by atoms with Crippen molar-refractivity contribution >= 4 is 40.3 Å². The third-order valence-corrected chi connectivity index (χ3v) is 4.29. The molecular weight excluding hydrogens is 380 g/mol. The van der Waals surface area contributed by atoms with Crippen LogP contribution >= 0.6 is 11.6 Å². The second-order valence-electron chi connectivity index (χ2n) is 5.96. The van der Waals surface area contributed by atoms with Crippen molar-refractivity contribution in [3.05, 3.63) is 77.1 Å². The van der Waals surface area contributed by atoms with Gasteiger partial charge >= 0.3 is 0 Å². The van der Waals surface area contributed by atoms with Gasteiger partial charge in [-0.1, -0.05) is 23.7 Å². The number of para-hydroxylation sites is 1. The molecule has 2 heterocycles. The van der Waals surface area contributed by atoms with Crippen LogP contribution < -0.4 is 15.8 Å². The molecule has 8 heteroatoms. The Morgan fingerprint density at radius 1 is 1.18 bits per heavy atom. The molecule has 3 N–H and O–H groups in total. The highest BCUT2D eigenvalue weighted by Crippen LogP contribution is 2.28. The van der Waals surface area contributed by atoms with Gasteiger partial charge in [0, 0.05) is 12.3 Å². The maximum absolute atomic E-state index is 11.2. The number of nitrogens with two attached hydrogens (primary N) is 1. The lowest BCUT2D eigenvalue weighted by molar-refractivity contribution is 0.0995. The SMILES string of the molecule is NC(=O)c1cc(COc2ccc3oc(Nc4ccccc4Cl)nc3c2)ccn1. The molecule has 0 aliphatic carbocycles. The van der Waals surface area contributed by atoms with E-state index >= 15 is 0 Å². The predicted molar refractivity (Wildman–Crippen MR) is 106 cm³/mol. The van der Waals surface area contributed by atoms with E-state index in [2.05, 4.69) is 15.3 Å². The van der Waals surface area contributed by atoms with Crippen molar-refractivity contribution in [1.82, 2.24) is 9.97 Å². The number of amides is 1. The Hall–Kier alpha value is -3.58. The summed E-state index contributed by atoms with van der Waals surface area (Å²) in [4.78, 5) is 19.5. The quantitative estimate of drug-likeness (QED) is 0.505. The first-order valence-corrected chi connectivity index (χ1v) is 8.76. The molecule has 0 unspecified atom stereocenters. The van der Waals surface area contributed by atoms with E-state index in [-0.39, 0.29) is 12.3 Å². The van der Waals surface area contributed by atoms with Crippen molar-refractivity contribution < 1.29 is 13.9 Å². The lowest BCUT2D eigenvalue weighted by atomic mass is 10.2. The van der Waals surface area contributed by atoms with Crippen LogP contribution in [-0.4, -0.2) is 15.9 Å². The molecule has 1 amide bonds. The highest BCUT2D eigenvalue weighted by Gasteiger charge is 2.09. The third kappa shape index (κ3) is 3.89. The van der Waals surface area contributed by atoms with Gasteiger partial charge in [-0.25, -0.2) is 0 Å². The zero-order valence-corrected chi connectivity index (χ0v) is 15.3. The van der Waals surface area contributed by atoms with Gasteiger partial charge in [0.1, 0.15) is 23.6 Å². The smallest absolute Gasteiger partial charge is 0.300 e. The number of rotatable bonds is 6. The standard InChI is InChI=1S/C20H15ClN4O3/c21-14-3-1-2-4-15(14)24-20-25-16-10-13(5-6-18(16)28-20)27-11-12-7-8-23-17(9-12)19(22)26/h1-10H,11H2,(H2,22,26)(H,24,25). The van der Waals surface area contributed by atoms with E-state index in [9.17, 15) is 4.79 Å². The first-order chi connectivity index (χ1) is 13.6. The first kappa shape index (κ1) is 17.8. The monoisotopic (exact) mass is 394 g/mol. The van der Waals surface area contributed by atoms with Gasteiger partial charge in [-0.3, -0.25) is 9.78 Å². The summed E-state index contributed by atoms with van der Waals surface area (Å²) in [6.07, 6.45) is 1.52. The number of pyridine rings is 1. The molecule has 7 nitrogen and oxygen atoms in total. The molecule has 140 valence electrons. The van der Waals surface area contributed by atoms with Crippen LogP contribution in [0, 0.1) is 0 Å². The zero-order valence-electron chi connectivity index (χ0n) is 14.6. The molecule has 0 fully saturated rings. The average molecular weight is 395 g/mol. The fourth-order valence-corrected chi connectivity index (χ4v) is 2.78. The van der Waals surface area contributed by atoms with Crippen LogP contribution in [0.3, 0.4) is 0 Å². The van der Waals surface area contributed by atoms with Crippen LogP contribution in [0.25, 0.3) is 11.1 Å². The number of primary amides is 1. The van der Waals surface area contributed by atoms with Gasteiger partial charge in [0.2, 0.25) is 0 Å². The highest BCUT2D eigenvalue weighted by atomic mass is 35.5. The van der Waals surface area contributed by atoms with Crippen molar-refractivity contribution in [1.29, 1.82) is 0 Å². The minimum atomic E-state index is -0.579. The third-order valence-electron chi connectivity index (χ3n) is 3.96. The van der Waals surface area contributed by atoms with Crippen LogP contribution in [0.5, 0.6) is 5.75 Å². The van der Waals surface area contributed by atoms with Crippen molar-refractivity contribution in [2.24, 2.45) is 5.73 Å². The predicted octanol–water partition coefficient (Wildman–Crippen LogP) is 4.30.